The van der Waals surface area contributed by atoms with Crippen molar-refractivity contribution in [2.45, 2.75) is 0 Å². The molecule has 0 aromatic rings. The van der Waals surface area contributed by atoms with E-state index < -0.39 is 10.4 Å². The predicted octanol–water partition coefficient (Wildman–Crippen LogP) is -2.75. The molecule has 2 N–H and O–H groups in total. The standard InChI is InChI=1S/H2O4S.Pb.Sb.5H/c1-5(2,3)4;;;;;;;/h(H2,1,2,3,4);;;;;;;. The van der Waals surface area contributed by atoms with Crippen LogP contribution in [0.1, 0.15) is 0 Å². The molecule has 0 aromatic carbocycles. The van der Waals surface area contributed by atoms with Crippen molar-refractivity contribution in [3.05, 3.63) is 0 Å². The van der Waals surface area contributed by atoms with Gasteiger partial charge in [0.15, 0.2) is 0 Å². The van der Waals surface area contributed by atoms with Gasteiger partial charge in [-0.05, 0) is 0 Å². The Kier molecular flexibility index (Phi) is 13.0. The van der Waals surface area contributed by atoms with Gasteiger partial charge in [-0.2, -0.15) is 8.42 Å². The van der Waals surface area contributed by atoms with E-state index in [-0.39, 0.29) is 51.7 Å². The van der Waals surface area contributed by atoms with Crippen molar-refractivity contribution in [1.29, 1.82) is 0 Å². The summed E-state index contributed by atoms with van der Waals surface area (Å²) in [5, 5.41) is 0. The van der Waals surface area contributed by atoms with E-state index in [0.717, 1.165) is 0 Å². The molecule has 0 rings (SSSR count). The summed E-state index contributed by atoms with van der Waals surface area (Å²) >= 11 is 0. The van der Waals surface area contributed by atoms with Crippen LogP contribution in [0.2, 0.25) is 0 Å². The monoisotopic (exact) mass is 432 g/mol. The van der Waals surface area contributed by atoms with E-state index in [1.54, 1.807) is 0 Å². The van der Waals surface area contributed by atoms with Gasteiger partial charge in [0.1, 0.15) is 0 Å². The van der Waals surface area contributed by atoms with Gasteiger partial charge in [0.2, 0.25) is 0 Å². The van der Waals surface area contributed by atoms with Crippen LogP contribution in [0.25, 0.3) is 0 Å². The van der Waals surface area contributed by atoms with Crippen molar-refractivity contribution in [3.8, 4) is 0 Å². The second-order valence-electron chi connectivity index (χ2n) is 0.448. The third kappa shape index (κ3) is 92.4. The topological polar surface area (TPSA) is 74.6 Å². The van der Waals surface area contributed by atoms with Gasteiger partial charge in [-0.1, -0.05) is 0 Å². The molecule has 0 saturated heterocycles. The van der Waals surface area contributed by atoms with E-state index >= 15 is 0 Å². The van der Waals surface area contributed by atoms with Crippen molar-refractivity contribution in [2.24, 2.45) is 0 Å². The van der Waals surface area contributed by atoms with Gasteiger partial charge in [0.05, 0.1) is 0 Å². The van der Waals surface area contributed by atoms with Crippen molar-refractivity contribution < 1.29 is 17.5 Å². The maximum absolute atomic E-state index is 8.74. The molecule has 0 saturated carbocycles. The van der Waals surface area contributed by atoms with Crippen molar-refractivity contribution in [3.63, 3.8) is 0 Å². The molecule has 0 aliphatic rings. The summed E-state index contributed by atoms with van der Waals surface area (Å²) in [6.07, 6.45) is 0. The Morgan fingerprint density at radius 2 is 1.14 bits per heavy atom. The molecule has 0 fully saturated rings. The molecule has 0 heterocycles. The van der Waals surface area contributed by atoms with Crippen LogP contribution in [0.4, 0.5) is 0 Å². The number of rotatable bonds is 0. The Morgan fingerprint density at radius 3 is 1.14 bits per heavy atom. The summed E-state index contributed by atoms with van der Waals surface area (Å²) in [6, 6.07) is 0. The fourth-order valence-corrected chi connectivity index (χ4v) is 0. The molecule has 4 nitrogen and oxygen atoms in total. The molecule has 0 atom stereocenters. The Morgan fingerprint density at radius 1 is 1.14 bits per heavy atom. The molecule has 7 heteroatoms. The van der Waals surface area contributed by atoms with E-state index in [9.17, 15) is 0 Å². The average Bonchev–Trinajstić information content (AvgIpc) is 0.722. The van der Waals surface area contributed by atoms with Crippen molar-refractivity contribution in [1.82, 2.24) is 0 Å². The second kappa shape index (κ2) is 5.74. The van der Waals surface area contributed by atoms with Gasteiger partial charge < -0.3 is 0 Å². The van der Waals surface area contributed by atoms with E-state index in [0.29, 0.717) is 0 Å². The zero-order valence-electron chi connectivity index (χ0n) is 3.53. The summed E-state index contributed by atoms with van der Waals surface area (Å²) in [5.74, 6) is 0. The van der Waals surface area contributed by atoms with Crippen LogP contribution in [-0.2, 0) is 10.4 Å². The minimum absolute atomic E-state index is 0. The van der Waals surface area contributed by atoms with Crippen LogP contribution in [0.3, 0.4) is 0 Å². The molecule has 0 aliphatic heterocycles. The first kappa shape index (κ1) is 15.8. The van der Waals surface area contributed by atoms with Gasteiger partial charge in [-0.25, -0.2) is 0 Å². The van der Waals surface area contributed by atoms with Crippen LogP contribution < -0.4 is 0 Å². The van der Waals surface area contributed by atoms with Crippen LogP contribution in [0.15, 0.2) is 0 Å². The molecule has 0 amide bonds. The molecule has 0 unspecified atom stereocenters. The van der Waals surface area contributed by atoms with E-state index in [2.05, 4.69) is 0 Å². The Balaban J connectivity index is -0.0000000800. The third-order valence-electron chi connectivity index (χ3n) is 0. The minimum atomic E-state index is -4.67. The zero-order valence-corrected chi connectivity index (χ0v) is 13.9. The first-order valence-corrected chi connectivity index (χ1v) is 2.10. The summed E-state index contributed by atoms with van der Waals surface area (Å²) < 4.78 is 31.6. The molecular weight excluding hydrogens is 425 g/mol. The third-order valence-corrected chi connectivity index (χ3v) is 0. The van der Waals surface area contributed by atoms with Crippen LogP contribution in [0.5, 0.6) is 0 Å². The summed E-state index contributed by atoms with van der Waals surface area (Å²) in [4.78, 5) is 0. The van der Waals surface area contributed by atoms with E-state index in [1.165, 1.54) is 0 Å². The molecular formula is H7O4PbSSb. The number of hydrogen-bond acceptors (Lipinski definition) is 2. The zero-order chi connectivity index (χ0) is 4.50. The van der Waals surface area contributed by atoms with E-state index in [1.807, 2.05) is 0 Å². The fraction of sp³-hybridized carbons (Fsp3) is 0. The molecule has 0 aliphatic carbocycles. The fourth-order valence-electron chi connectivity index (χ4n) is 0. The van der Waals surface area contributed by atoms with Crippen LogP contribution in [-0.4, -0.2) is 69.3 Å². The van der Waals surface area contributed by atoms with Crippen LogP contribution in [0, 0.1) is 0 Å². The maximum atomic E-state index is 8.74. The van der Waals surface area contributed by atoms with Crippen molar-refractivity contribution >= 4 is 62.1 Å². The van der Waals surface area contributed by atoms with Gasteiger partial charge in [0, 0.05) is 0 Å². The van der Waals surface area contributed by atoms with Gasteiger partial charge >= 0.3 is 62.1 Å². The Bertz CT molecular complexity index is 94.9. The first-order valence-electron chi connectivity index (χ1n) is 0.698. The average molecular weight is 432 g/mol. The Hall–Kier alpha value is 1.61. The molecule has 0 spiro atoms. The second-order valence-corrected chi connectivity index (χ2v) is 1.34. The number of hydrogen-bond donors (Lipinski definition) is 2. The van der Waals surface area contributed by atoms with Gasteiger partial charge in [-0.15, -0.1) is 0 Å². The van der Waals surface area contributed by atoms with E-state index in [4.69, 9.17) is 17.5 Å². The van der Waals surface area contributed by atoms with Gasteiger partial charge in [0.25, 0.3) is 0 Å². The summed E-state index contributed by atoms with van der Waals surface area (Å²) in [5.41, 5.74) is 0. The van der Waals surface area contributed by atoms with Crippen molar-refractivity contribution in [2.75, 3.05) is 0 Å². The van der Waals surface area contributed by atoms with Gasteiger partial charge in [-0.3, -0.25) is 9.11 Å². The summed E-state index contributed by atoms with van der Waals surface area (Å²) in [7, 11) is -4.67. The Labute approximate surface area is 78.9 Å². The quantitative estimate of drug-likeness (QED) is 0.322. The summed E-state index contributed by atoms with van der Waals surface area (Å²) in [6.45, 7) is 0. The molecule has 46 valence electrons. The first-order chi connectivity index (χ1) is 2.00. The normalized spacial score (nSPS) is 8.29. The molecule has 0 bridgehead atoms. The van der Waals surface area contributed by atoms with Crippen LogP contribution >= 0.6 is 0 Å². The SMILES string of the molecule is O=S(=O)(O)O.[PbH2].[SbH3]. The molecule has 2 radical (unpaired) electrons. The molecule has 7 heavy (non-hydrogen) atoms. The predicted molar refractivity (Wildman–Crippen MR) is 32.7 cm³/mol. The molecule has 0 aromatic heterocycles.